The molecule has 1 aliphatic rings. The number of para-hydroxylation sites is 1. The molecule has 5 nitrogen and oxygen atoms in total. The van der Waals surface area contributed by atoms with E-state index in [1.807, 2.05) is 11.2 Å². The van der Waals surface area contributed by atoms with Crippen LogP contribution in [0.25, 0.3) is 0 Å². The number of nitrogens with one attached hydrogen (secondary N) is 1. The number of carbonyl (C=O) groups excluding carboxylic acids is 1. The fourth-order valence-electron chi connectivity index (χ4n) is 3.15. The molecule has 2 aromatic rings. The lowest BCUT2D eigenvalue weighted by Crippen LogP contribution is -2.38. The summed E-state index contributed by atoms with van der Waals surface area (Å²) in [4.78, 5) is 15.7. The maximum Gasteiger partial charge on any atom is 0.261 e. The number of amides is 1. The van der Waals surface area contributed by atoms with Gasteiger partial charge in [0.25, 0.3) is 15.9 Å². The van der Waals surface area contributed by atoms with Gasteiger partial charge in [-0.2, -0.15) is 0 Å². The fraction of sp³-hybridized carbons (Fsp3) is 0.350. The highest BCUT2D eigenvalue weighted by Crippen LogP contribution is 2.29. The van der Waals surface area contributed by atoms with Crippen LogP contribution in [0.4, 0.5) is 5.69 Å². The molecule has 0 saturated carbocycles. The third-order valence-corrected chi connectivity index (χ3v) is 7.39. The maximum atomic E-state index is 13.1. The molecule has 1 fully saturated rings. The molecule has 0 spiro atoms. The number of halogens is 1. The molecule has 0 radical (unpaired) electrons. The molecule has 0 atom stereocenters. The molecule has 3 rings (SSSR count). The van der Waals surface area contributed by atoms with E-state index in [0.29, 0.717) is 35.3 Å². The van der Waals surface area contributed by atoms with Gasteiger partial charge < -0.3 is 4.90 Å². The van der Waals surface area contributed by atoms with Crippen LogP contribution < -0.4 is 4.72 Å². The number of nitrogens with zero attached hydrogens (tertiary/aromatic N) is 1. The second kappa shape index (κ2) is 8.76. The second-order valence-corrected chi connectivity index (χ2v) is 9.86. The van der Waals surface area contributed by atoms with Gasteiger partial charge in [0.05, 0.1) is 21.2 Å². The summed E-state index contributed by atoms with van der Waals surface area (Å²) in [6.07, 6.45) is 3.80. The molecule has 150 valence electrons. The van der Waals surface area contributed by atoms with Crippen molar-refractivity contribution in [1.29, 1.82) is 0 Å². The van der Waals surface area contributed by atoms with Crippen molar-refractivity contribution >= 4 is 45.0 Å². The van der Waals surface area contributed by atoms with E-state index >= 15 is 0 Å². The SMILES string of the molecule is CSc1ccc(S(=O)(=O)Nc2ccccc2Cl)cc1C(=O)N1CCC(C)CC1. The van der Waals surface area contributed by atoms with Gasteiger partial charge in [-0.25, -0.2) is 8.42 Å². The predicted molar refractivity (Wildman–Crippen MR) is 115 cm³/mol. The van der Waals surface area contributed by atoms with Gasteiger partial charge in [0.15, 0.2) is 0 Å². The van der Waals surface area contributed by atoms with E-state index in [-0.39, 0.29) is 10.8 Å². The van der Waals surface area contributed by atoms with Gasteiger partial charge in [-0.3, -0.25) is 9.52 Å². The van der Waals surface area contributed by atoms with Crippen LogP contribution in [0.3, 0.4) is 0 Å². The number of benzene rings is 2. The molecule has 8 heteroatoms. The van der Waals surface area contributed by atoms with Crippen molar-refractivity contribution in [2.75, 3.05) is 24.1 Å². The number of piperidine rings is 1. The van der Waals surface area contributed by atoms with Crippen molar-refractivity contribution in [2.45, 2.75) is 29.6 Å². The summed E-state index contributed by atoms with van der Waals surface area (Å²) in [7, 11) is -3.87. The first kappa shape index (κ1) is 21.0. The molecule has 28 heavy (non-hydrogen) atoms. The van der Waals surface area contributed by atoms with Crippen LogP contribution in [0, 0.1) is 5.92 Å². The summed E-state index contributed by atoms with van der Waals surface area (Å²) >= 11 is 7.50. The quantitative estimate of drug-likeness (QED) is 0.685. The van der Waals surface area contributed by atoms with Crippen molar-refractivity contribution in [1.82, 2.24) is 4.90 Å². The minimum Gasteiger partial charge on any atom is -0.339 e. The standard InChI is InChI=1S/C20H23ClN2O3S2/c1-14-9-11-23(12-10-14)20(24)16-13-15(7-8-19(16)27-2)28(25,26)22-18-6-4-3-5-17(18)21/h3-8,13-14,22H,9-12H2,1-2H3. The molecular weight excluding hydrogens is 416 g/mol. The Labute approximate surface area is 175 Å². The Hall–Kier alpha value is -1.70. The lowest BCUT2D eigenvalue weighted by atomic mass is 9.98. The van der Waals surface area contributed by atoms with E-state index in [1.165, 1.54) is 23.9 Å². The number of likely N-dealkylation sites (tertiary alicyclic amines) is 1. The Balaban J connectivity index is 1.92. The van der Waals surface area contributed by atoms with E-state index in [4.69, 9.17) is 11.6 Å². The summed E-state index contributed by atoms with van der Waals surface area (Å²) < 4.78 is 28.2. The molecule has 1 amide bonds. The average Bonchev–Trinajstić information content (AvgIpc) is 2.69. The van der Waals surface area contributed by atoms with Crippen LogP contribution in [0.15, 0.2) is 52.3 Å². The number of thioether (sulfide) groups is 1. The Kier molecular flexibility index (Phi) is 6.58. The van der Waals surface area contributed by atoms with Crippen LogP contribution in [-0.4, -0.2) is 38.6 Å². The van der Waals surface area contributed by atoms with Gasteiger partial charge in [0.1, 0.15) is 0 Å². The van der Waals surface area contributed by atoms with Crippen molar-refractivity contribution in [3.63, 3.8) is 0 Å². The van der Waals surface area contributed by atoms with Gasteiger partial charge in [-0.1, -0.05) is 30.7 Å². The molecule has 1 aliphatic heterocycles. The number of hydrogen-bond acceptors (Lipinski definition) is 4. The summed E-state index contributed by atoms with van der Waals surface area (Å²) in [5.41, 5.74) is 0.722. The van der Waals surface area contributed by atoms with E-state index in [2.05, 4.69) is 11.6 Å². The Morgan fingerprint density at radius 1 is 1.18 bits per heavy atom. The number of hydrogen-bond donors (Lipinski definition) is 1. The Morgan fingerprint density at radius 3 is 2.50 bits per heavy atom. The third kappa shape index (κ3) is 4.64. The number of anilines is 1. The van der Waals surface area contributed by atoms with Crippen LogP contribution in [-0.2, 0) is 10.0 Å². The zero-order valence-electron chi connectivity index (χ0n) is 15.8. The van der Waals surface area contributed by atoms with Gasteiger partial charge in [0.2, 0.25) is 0 Å². The molecule has 0 aromatic heterocycles. The van der Waals surface area contributed by atoms with Crippen LogP contribution in [0.5, 0.6) is 0 Å². The number of sulfonamides is 1. The first-order valence-corrected chi connectivity index (χ1v) is 12.1. The molecule has 2 aromatic carbocycles. The van der Waals surface area contributed by atoms with Gasteiger partial charge in [-0.15, -0.1) is 11.8 Å². The second-order valence-electron chi connectivity index (χ2n) is 6.92. The smallest absolute Gasteiger partial charge is 0.261 e. The van der Waals surface area contributed by atoms with Gasteiger partial charge in [-0.05, 0) is 55.3 Å². The minimum atomic E-state index is -3.87. The van der Waals surface area contributed by atoms with Crippen LogP contribution in [0.2, 0.25) is 5.02 Å². The summed E-state index contributed by atoms with van der Waals surface area (Å²) in [5, 5.41) is 0.311. The zero-order chi connectivity index (χ0) is 20.3. The molecule has 0 unspecified atom stereocenters. The highest BCUT2D eigenvalue weighted by atomic mass is 35.5. The summed E-state index contributed by atoms with van der Waals surface area (Å²) in [6.45, 7) is 3.58. The van der Waals surface area contributed by atoms with Crippen LogP contribution >= 0.6 is 23.4 Å². The number of rotatable bonds is 5. The van der Waals surface area contributed by atoms with E-state index in [1.54, 1.807) is 30.3 Å². The normalized spacial score (nSPS) is 15.5. The summed E-state index contributed by atoms with van der Waals surface area (Å²) in [5.74, 6) is 0.488. The van der Waals surface area contributed by atoms with Crippen molar-refractivity contribution in [3.8, 4) is 0 Å². The Bertz CT molecular complexity index is 971. The minimum absolute atomic E-state index is 0.0407. The van der Waals surface area contributed by atoms with Gasteiger partial charge >= 0.3 is 0 Å². The lowest BCUT2D eigenvalue weighted by Gasteiger charge is -2.30. The maximum absolute atomic E-state index is 13.1. The van der Waals surface area contributed by atoms with E-state index in [9.17, 15) is 13.2 Å². The monoisotopic (exact) mass is 438 g/mol. The third-order valence-electron chi connectivity index (χ3n) is 4.90. The van der Waals surface area contributed by atoms with Crippen molar-refractivity contribution in [3.05, 3.63) is 53.1 Å². The van der Waals surface area contributed by atoms with Crippen molar-refractivity contribution < 1.29 is 13.2 Å². The first-order valence-electron chi connectivity index (χ1n) is 9.06. The molecule has 1 saturated heterocycles. The van der Waals surface area contributed by atoms with Gasteiger partial charge in [0, 0.05) is 18.0 Å². The molecule has 0 bridgehead atoms. The number of carbonyl (C=O) groups is 1. The molecular formula is C20H23ClN2O3S2. The zero-order valence-corrected chi connectivity index (χ0v) is 18.2. The largest absolute Gasteiger partial charge is 0.339 e. The van der Waals surface area contributed by atoms with Crippen molar-refractivity contribution in [2.24, 2.45) is 5.92 Å². The average molecular weight is 439 g/mol. The van der Waals surface area contributed by atoms with E-state index in [0.717, 1.165) is 17.7 Å². The topological polar surface area (TPSA) is 66.5 Å². The molecule has 1 N–H and O–H groups in total. The predicted octanol–water partition coefficient (Wildman–Crippen LogP) is 4.73. The van der Waals surface area contributed by atoms with Crippen LogP contribution in [0.1, 0.15) is 30.1 Å². The summed E-state index contributed by atoms with van der Waals surface area (Å²) in [6, 6.07) is 11.3. The van der Waals surface area contributed by atoms with E-state index < -0.39 is 10.0 Å². The fourth-order valence-corrected chi connectivity index (χ4v) is 5.07. The first-order chi connectivity index (χ1) is 13.3. The highest BCUT2D eigenvalue weighted by Gasteiger charge is 2.25. The highest BCUT2D eigenvalue weighted by molar-refractivity contribution is 7.98. The molecule has 1 heterocycles. The molecule has 0 aliphatic carbocycles. The Morgan fingerprint density at radius 2 is 1.86 bits per heavy atom. The lowest BCUT2D eigenvalue weighted by molar-refractivity contribution is 0.0693.